The molecule has 0 spiro atoms. The minimum Gasteiger partial charge on any atom is -0.396 e. The summed E-state index contributed by atoms with van der Waals surface area (Å²) in [6, 6.07) is 2.04. The molecule has 0 radical (unpaired) electrons. The summed E-state index contributed by atoms with van der Waals surface area (Å²) in [4.78, 5) is 0. The van der Waals surface area contributed by atoms with Crippen molar-refractivity contribution in [1.29, 1.82) is 0 Å². The van der Waals surface area contributed by atoms with Crippen molar-refractivity contribution < 1.29 is 10.2 Å². The van der Waals surface area contributed by atoms with Crippen LogP contribution in [0.2, 0.25) is 0 Å². The maximum absolute atomic E-state index is 8.66. The van der Waals surface area contributed by atoms with Gasteiger partial charge in [0.1, 0.15) is 0 Å². The van der Waals surface area contributed by atoms with Crippen LogP contribution in [0.15, 0.2) is 18.5 Å². The molecule has 0 saturated carbocycles. The number of hydrogen-bond acceptors (Lipinski definition) is 4. The van der Waals surface area contributed by atoms with E-state index >= 15 is 0 Å². The normalized spacial score (nSPS) is 10.6. The minimum atomic E-state index is 0.236. The summed E-state index contributed by atoms with van der Waals surface area (Å²) in [5, 5.41) is 26.0. The quantitative estimate of drug-likeness (QED) is 0.533. The van der Waals surface area contributed by atoms with Gasteiger partial charge in [-0.3, -0.25) is 9.36 Å². The van der Waals surface area contributed by atoms with Crippen LogP contribution in [0.1, 0.15) is 50.9 Å². The Bertz CT molecular complexity index is 583. The second kappa shape index (κ2) is 13.3. The van der Waals surface area contributed by atoms with Crippen molar-refractivity contribution in [2.24, 2.45) is 0 Å². The van der Waals surface area contributed by atoms with Crippen LogP contribution in [0.5, 0.6) is 0 Å². The number of nitrogens with zero attached hydrogens (tertiary/aromatic N) is 4. The SMILES string of the molecule is CCCc1ccn(CCCO)n1.CCCc1nn(CCCO)cc1I. The van der Waals surface area contributed by atoms with Gasteiger partial charge in [0.25, 0.3) is 0 Å². The molecule has 2 rings (SSSR count). The number of aryl methyl sites for hydroxylation is 4. The molecule has 0 saturated heterocycles. The van der Waals surface area contributed by atoms with Crippen molar-refractivity contribution in [2.75, 3.05) is 13.2 Å². The lowest BCUT2D eigenvalue weighted by molar-refractivity contribution is 0.276. The van der Waals surface area contributed by atoms with E-state index in [9.17, 15) is 0 Å². The van der Waals surface area contributed by atoms with Gasteiger partial charge in [-0.1, -0.05) is 26.7 Å². The van der Waals surface area contributed by atoms with Crippen LogP contribution in [0.25, 0.3) is 0 Å². The first-order valence-electron chi connectivity index (χ1n) is 9.10. The van der Waals surface area contributed by atoms with Gasteiger partial charge in [0.2, 0.25) is 0 Å². The molecule has 0 amide bonds. The fourth-order valence-corrected chi connectivity index (χ4v) is 3.04. The van der Waals surface area contributed by atoms with Gasteiger partial charge in [-0.15, -0.1) is 0 Å². The van der Waals surface area contributed by atoms with Gasteiger partial charge in [0.05, 0.1) is 15.0 Å². The highest BCUT2D eigenvalue weighted by Crippen LogP contribution is 2.12. The molecule has 2 N–H and O–H groups in total. The molecular formula is C18H31IN4O2. The van der Waals surface area contributed by atoms with Crippen LogP contribution in [-0.2, 0) is 25.9 Å². The smallest absolute Gasteiger partial charge is 0.0757 e. The lowest BCUT2D eigenvalue weighted by Gasteiger charge is -1.97. The van der Waals surface area contributed by atoms with Gasteiger partial charge >= 0.3 is 0 Å². The lowest BCUT2D eigenvalue weighted by Crippen LogP contribution is -2.01. The first-order valence-corrected chi connectivity index (χ1v) is 10.2. The Hall–Kier alpha value is -0.930. The number of aliphatic hydroxyl groups excluding tert-OH is 2. The zero-order valence-electron chi connectivity index (χ0n) is 15.4. The van der Waals surface area contributed by atoms with E-state index in [1.165, 1.54) is 9.26 Å². The first kappa shape index (κ1) is 22.1. The molecule has 0 aliphatic rings. The third-order valence-electron chi connectivity index (χ3n) is 3.57. The highest BCUT2D eigenvalue weighted by Gasteiger charge is 2.04. The molecule has 0 bridgehead atoms. The average Bonchev–Trinajstić information content (AvgIpc) is 3.19. The number of rotatable bonds is 10. The molecule has 2 aromatic rings. The number of aliphatic hydroxyl groups is 2. The summed E-state index contributed by atoms with van der Waals surface area (Å²) in [5.41, 5.74) is 2.33. The molecule has 0 unspecified atom stereocenters. The van der Waals surface area contributed by atoms with E-state index in [2.05, 4.69) is 46.6 Å². The van der Waals surface area contributed by atoms with Gasteiger partial charge < -0.3 is 10.2 Å². The number of halogens is 1. The number of hydrogen-bond donors (Lipinski definition) is 2. The summed E-state index contributed by atoms with van der Waals surface area (Å²) in [5.74, 6) is 0. The third kappa shape index (κ3) is 8.82. The summed E-state index contributed by atoms with van der Waals surface area (Å²) in [7, 11) is 0. The standard InChI is InChI=1S/C9H15IN2O.C9H16N2O/c1-2-4-9-8(10)7-12(11-9)5-3-6-13;1-2-4-9-5-7-11(10-9)6-3-8-12/h7,13H,2-6H2,1H3;5,7,12H,2-4,6,8H2,1H3. The number of aromatic nitrogens is 4. The van der Waals surface area contributed by atoms with Crippen LogP contribution in [-0.4, -0.2) is 43.0 Å². The first-order chi connectivity index (χ1) is 12.1. The van der Waals surface area contributed by atoms with E-state index in [0.717, 1.165) is 57.3 Å². The third-order valence-corrected chi connectivity index (χ3v) is 4.47. The molecule has 7 heteroatoms. The maximum Gasteiger partial charge on any atom is 0.0757 e. The Kier molecular flexibility index (Phi) is 11.8. The van der Waals surface area contributed by atoms with Gasteiger partial charge in [-0.05, 0) is 54.3 Å². The molecule has 2 heterocycles. The monoisotopic (exact) mass is 462 g/mol. The topological polar surface area (TPSA) is 76.1 Å². The zero-order valence-corrected chi connectivity index (χ0v) is 17.5. The van der Waals surface area contributed by atoms with Crippen molar-refractivity contribution in [2.45, 2.75) is 65.5 Å². The highest BCUT2D eigenvalue weighted by atomic mass is 127. The van der Waals surface area contributed by atoms with E-state index in [1.807, 2.05) is 27.8 Å². The summed E-state index contributed by atoms with van der Waals surface area (Å²) in [6.45, 7) is 6.41. The van der Waals surface area contributed by atoms with Crippen LogP contribution >= 0.6 is 22.6 Å². The summed E-state index contributed by atoms with van der Waals surface area (Å²) in [6.07, 6.45) is 9.94. The molecule has 0 aliphatic carbocycles. The van der Waals surface area contributed by atoms with Crippen molar-refractivity contribution >= 4 is 22.6 Å². The Labute approximate surface area is 164 Å². The predicted octanol–water partition coefficient (Wildman–Crippen LogP) is 3.04. The molecule has 6 nitrogen and oxygen atoms in total. The average molecular weight is 462 g/mol. The van der Waals surface area contributed by atoms with Crippen molar-refractivity contribution in [3.05, 3.63) is 33.4 Å². The Balaban J connectivity index is 0.000000251. The molecule has 2 aromatic heterocycles. The molecule has 0 aromatic carbocycles. The van der Waals surface area contributed by atoms with Crippen LogP contribution in [0.3, 0.4) is 0 Å². The summed E-state index contributed by atoms with van der Waals surface area (Å²) < 4.78 is 5.04. The van der Waals surface area contributed by atoms with Crippen molar-refractivity contribution in [3.8, 4) is 0 Å². The largest absolute Gasteiger partial charge is 0.396 e. The second-order valence-electron chi connectivity index (χ2n) is 5.91. The van der Waals surface area contributed by atoms with E-state index in [-0.39, 0.29) is 13.2 Å². The molecule has 0 aliphatic heterocycles. The second-order valence-corrected chi connectivity index (χ2v) is 7.07. The Morgan fingerprint density at radius 3 is 2.20 bits per heavy atom. The fraction of sp³-hybridized carbons (Fsp3) is 0.667. The van der Waals surface area contributed by atoms with Gasteiger partial charge in [-0.2, -0.15) is 10.2 Å². The Morgan fingerprint density at radius 1 is 0.960 bits per heavy atom. The van der Waals surface area contributed by atoms with Gasteiger partial charge in [0, 0.05) is 38.7 Å². The van der Waals surface area contributed by atoms with E-state index in [4.69, 9.17) is 10.2 Å². The Morgan fingerprint density at radius 2 is 1.60 bits per heavy atom. The zero-order chi connectivity index (χ0) is 18.5. The van der Waals surface area contributed by atoms with E-state index in [1.54, 1.807) is 0 Å². The van der Waals surface area contributed by atoms with Gasteiger partial charge in [-0.25, -0.2) is 0 Å². The van der Waals surface area contributed by atoms with Crippen LogP contribution in [0.4, 0.5) is 0 Å². The maximum atomic E-state index is 8.66. The molecule has 25 heavy (non-hydrogen) atoms. The molecule has 142 valence electrons. The lowest BCUT2D eigenvalue weighted by atomic mass is 10.3. The predicted molar refractivity (Wildman–Crippen MR) is 109 cm³/mol. The molecule has 0 atom stereocenters. The van der Waals surface area contributed by atoms with Crippen LogP contribution < -0.4 is 0 Å². The van der Waals surface area contributed by atoms with Crippen molar-refractivity contribution in [1.82, 2.24) is 19.6 Å². The minimum absolute atomic E-state index is 0.236. The summed E-state index contributed by atoms with van der Waals surface area (Å²) >= 11 is 2.31. The fourth-order valence-electron chi connectivity index (χ4n) is 2.34. The van der Waals surface area contributed by atoms with E-state index in [0.29, 0.717) is 0 Å². The highest BCUT2D eigenvalue weighted by molar-refractivity contribution is 14.1. The molecule has 0 fully saturated rings. The molecular weight excluding hydrogens is 431 g/mol. The van der Waals surface area contributed by atoms with Crippen LogP contribution in [0, 0.1) is 3.57 Å². The van der Waals surface area contributed by atoms with Crippen molar-refractivity contribution in [3.63, 3.8) is 0 Å². The van der Waals surface area contributed by atoms with Gasteiger partial charge in [0.15, 0.2) is 0 Å². The van der Waals surface area contributed by atoms with E-state index < -0.39 is 0 Å².